The van der Waals surface area contributed by atoms with Crippen LogP contribution in [0.25, 0.3) is 0 Å². The van der Waals surface area contributed by atoms with E-state index in [1.807, 2.05) is 13.2 Å². The van der Waals surface area contributed by atoms with Gasteiger partial charge in [-0.15, -0.1) is 0 Å². The van der Waals surface area contributed by atoms with Crippen molar-refractivity contribution in [1.82, 2.24) is 15.1 Å². The smallest absolute Gasteiger partial charge is 0.323 e. The summed E-state index contributed by atoms with van der Waals surface area (Å²) in [5.41, 5.74) is 0.214. The Morgan fingerprint density at radius 2 is 2.44 bits per heavy atom. The summed E-state index contributed by atoms with van der Waals surface area (Å²) >= 11 is 0. The molecule has 1 saturated carbocycles. The molecule has 1 atom stereocenters. The molecule has 16 heavy (non-hydrogen) atoms. The van der Waals surface area contributed by atoms with Crippen LogP contribution >= 0.6 is 0 Å². The van der Waals surface area contributed by atoms with Gasteiger partial charge in [0.15, 0.2) is 0 Å². The number of nitrogens with zero attached hydrogens (tertiary/aromatic N) is 2. The Morgan fingerprint density at radius 1 is 1.75 bits per heavy atom. The minimum Gasteiger partial charge on any atom is -0.480 e. The van der Waals surface area contributed by atoms with Crippen molar-refractivity contribution in [3.8, 4) is 0 Å². The molecule has 0 amide bonds. The molecular weight excluding hydrogens is 206 g/mol. The topological polar surface area (TPSA) is 67.2 Å². The van der Waals surface area contributed by atoms with Crippen LogP contribution in [0.15, 0.2) is 12.4 Å². The number of rotatable bonds is 5. The molecule has 1 aliphatic rings. The Hall–Kier alpha value is -1.36. The number of nitrogens with one attached hydrogen (secondary N) is 1. The lowest BCUT2D eigenvalue weighted by Crippen LogP contribution is -2.51. The number of carboxylic acids is 1. The fourth-order valence-corrected chi connectivity index (χ4v) is 1.90. The summed E-state index contributed by atoms with van der Waals surface area (Å²) in [4.78, 5) is 11.2. The van der Waals surface area contributed by atoms with Crippen molar-refractivity contribution in [3.63, 3.8) is 0 Å². The lowest BCUT2D eigenvalue weighted by molar-refractivity contribution is -0.145. The Kier molecular flexibility index (Phi) is 2.71. The average molecular weight is 223 g/mol. The highest BCUT2D eigenvalue weighted by molar-refractivity contribution is 5.79. The molecule has 0 aromatic carbocycles. The quantitative estimate of drug-likeness (QED) is 0.773. The summed E-state index contributed by atoms with van der Waals surface area (Å²) in [5.74, 6) is -0.499. The number of aliphatic carboxylic acids is 1. The standard InChI is InChI=1S/C11H17N3O2/c1-11(10(15)16,9-3-4-9)12-5-8-6-13-14(2)7-8/h6-7,9,12H,3-5H2,1-2H3,(H,15,16). The molecular formula is C11H17N3O2. The molecule has 0 saturated heterocycles. The van der Waals surface area contributed by atoms with Gasteiger partial charge in [0, 0.05) is 25.4 Å². The van der Waals surface area contributed by atoms with Gasteiger partial charge in [0.1, 0.15) is 5.54 Å². The summed E-state index contributed by atoms with van der Waals surface area (Å²) in [6.07, 6.45) is 5.65. The molecule has 1 aromatic rings. The first kappa shape index (κ1) is 11.1. The molecule has 0 aliphatic heterocycles. The third kappa shape index (κ3) is 2.09. The number of aromatic nitrogens is 2. The summed E-state index contributed by atoms with van der Waals surface area (Å²) < 4.78 is 1.71. The van der Waals surface area contributed by atoms with Gasteiger partial charge in [-0.05, 0) is 25.7 Å². The van der Waals surface area contributed by atoms with Crippen LogP contribution in [-0.4, -0.2) is 26.4 Å². The monoisotopic (exact) mass is 223 g/mol. The number of aryl methyl sites for hydroxylation is 1. The number of carbonyl (C=O) groups is 1. The van der Waals surface area contributed by atoms with E-state index in [-0.39, 0.29) is 5.92 Å². The van der Waals surface area contributed by atoms with Crippen molar-refractivity contribution in [2.45, 2.75) is 31.8 Å². The van der Waals surface area contributed by atoms with Crippen LogP contribution in [0.4, 0.5) is 0 Å². The van der Waals surface area contributed by atoms with E-state index in [1.165, 1.54) is 0 Å². The summed E-state index contributed by atoms with van der Waals surface area (Å²) in [7, 11) is 1.85. The van der Waals surface area contributed by atoms with Crippen LogP contribution in [0.2, 0.25) is 0 Å². The predicted molar refractivity (Wildman–Crippen MR) is 58.8 cm³/mol. The second-order valence-electron chi connectivity index (χ2n) is 4.66. The Morgan fingerprint density at radius 3 is 2.88 bits per heavy atom. The molecule has 88 valence electrons. The normalized spacial score (nSPS) is 19.4. The number of hydrogen-bond acceptors (Lipinski definition) is 3. The summed E-state index contributed by atoms with van der Waals surface area (Å²) in [6, 6.07) is 0. The molecule has 5 nitrogen and oxygen atoms in total. The number of hydrogen-bond donors (Lipinski definition) is 2. The highest BCUT2D eigenvalue weighted by Gasteiger charge is 2.47. The van der Waals surface area contributed by atoms with Crippen molar-refractivity contribution in [3.05, 3.63) is 18.0 Å². The maximum absolute atomic E-state index is 11.2. The van der Waals surface area contributed by atoms with Crippen molar-refractivity contribution in [2.75, 3.05) is 0 Å². The van der Waals surface area contributed by atoms with Crippen LogP contribution in [-0.2, 0) is 18.4 Å². The van der Waals surface area contributed by atoms with E-state index in [0.29, 0.717) is 6.54 Å². The van der Waals surface area contributed by atoms with E-state index in [2.05, 4.69) is 10.4 Å². The van der Waals surface area contributed by atoms with Gasteiger partial charge in [0.2, 0.25) is 0 Å². The maximum Gasteiger partial charge on any atom is 0.323 e. The average Bonchev–Trinajstić information content (AvgIpc) is 2.99. The molecule has 1 heterocycles. The molecule has 1 aliphatic carbocycles. The zero-order chi connectivity index (χ0) is 11.8. The van der Waals surface area contributed by atoms with Gasteiger partial charge in [-0.3, -0.25) is 14.8 Å². The van der Waals surface area contributed by atoms with Crippen molar-refractivity contribution in [1.29, 1.82) is 0 Å². The fraction of sp³-hybridized carbons (Fsp3) is 0.636. The molecule has 1 fully saturated rings. The van der Waals surface area contributed by atoms with Crippen molar-refractivity contribution < 1.29 is 9.90 Å². The zero-order valence-corrected chi connectivity index (χ0v) is 9.60. The minimum absolute atomic E-state index is 0.265. The lowest BCUT2D eigenvalue weighted by atomic mass is 9.96. The van der Waals surface area contributed by atoms with E-state index in [1.54, 1.807) is 17.8 Å². The van der Waals surface area contributed by atoms with E-state index in [4.69, 9.17) is 0 Å². The molecule has 2 N–H and O–H groups in total. The molecule has 1 unspecified atom stereocenters. The Balaban J connectivity index is 1.99. The molecule has 2 rings (SSSR count). The molecule has 5 heteroatoms. The first-order valence-electron chi connectivity index (χ1n) is 5.48. The van der Waals surface area contributed by atoms with E-state index < -0.39 is 11.5 Å². The first-order valence-corrected chi connectivity index (χ1v) is 5.48. The maximum atomic E-state index is 11.2. The third-order valence-electron chi connectivity index (χ3n) is 3.26. The van der Waals surface area contributed by atoms with Gasteiger partial charge < -0.3 is 5.11 Å². The Bertz CT molecular complexity index is 398. The predicted octanol–water partition coefficient (Wildman–Crippen LogP) is 0.763. The fourth-order valence-electron chi connectivity index (χ4n) is 1.90. The van der Waals surface area contributed by atoms with Crippen molar-refractivity contribution in [2.24, 2.45) is 13.0 Å². The van der Waals surface area contributed by atoms with Gasteiger partial charge >= 0.3 is 5.97 Å². The van der Waals surface area contributed by atoms with Gasteiger partial charge in [0.05, 0.1) is 6.20 Å². The van der Waals surface area contributed by atoms with Gasteiger partial charge in [-0.25, -0.2) is 0 Å². The molecule has 1 aromatic heterocycles. The van der Waals surface area contributed by atoms with E-state index in [9.17, 15) is 9.90 Å². The van der Waals surface area contributed by atoms with Crippen LogP contribution in [0, 0.1) is 5.92 Å². The molecule has 0 bridgehead atoms. The van der Waals surface area contributed by atoms with E-state index in [0.717, 1.165) is 18.4 Å². The summed E-state index contributed by atoms with van der Waals surface area (Å²) in [6.45, 7) is 2.32. The number of carboxylic acid groups (broad SMARTS) is 1. The second kappa shape index (κ2) is 3.90. The zero-order valence-electron chi connectivity index (χ0n) is 9.60. The van der Waals surface area contributed by atoms with E-state index >= 15 is 0 Å². The second-order valence-corrected chi connectivity index (χ2v) is 4.66. The van der Waals surface area contributed by atoms with Crippen molar-refractivity contribution >= 4 is 5.97 Å². The Labute approximate surface area is 94.5 Å². The highest BCUT2D eigenvalue weighted by atomic mass is 16.4. The van der Waals surface area contributed by atoms with Crippen LogP contribution in [0.5, 0.6) is 0 Å². The highest BCUT2D eigenvalue weighted by Crippen LogP contribution is 2.39. The lowest BCUT2D eigenvalue weighted by Gasteiger charge is -2.25. The third-order valence-corrected chi connectivity index (χ3v) is 3.26. The van der Waals surface area contributed by atoms with Gasteiger partial charge in [0.25, 0.3) is 0 Å². The van der Waals surface area contributed by atoms with Gasteiger partial charge in [-0.1, -0.05) is 0 Å². The van der Waals surface area contributed by atoms with Crippen LogP contribution in [0.3, 0.4) is 0 Å². The molecule has 0 radical (unpaired) electrons. The first-order chi connectivity index (χ1) is 7.52. The summed E-state index contributed by atoms with van der Waals surface area (Å²) in [5, 5.41) is 16.4. The van der Waals surface area contributed by atoms with Gasteiger partial charge in [-0.2, -0.15) is 5.10 Å². The minimum atomic E-state index is -0.796. The SMILES string of the molecule is Cn1cc(CNC(C)(C(=O)O)C2CC2)cn1. The molecule has 0 spiro atoms. The largest absolute Gasteiger partial charge is 0.480 e. The van der Waals surface area contributed by atoms with Crippen LogP contribution in [0.1, 0.15) is 25.3 Å². The van der Waals surface area contributed by atoms with Crippen LogP contribution < -0.4 is 5.32 Å².